The van der Waals surface area contributed by atoms with Crippen molar-refractivity contribution >= 4 is 11.9 Å². The molecule has 0 radical (unpaired) electrons. The van der Waals surface area contributed by atoms with Crippen LogP contribution in [0.5, 0.6) is 0 Å². The number of nitrogens with two attached hydrogens (primary N) is 1. The molecule has 0 spiro atoms. The number of ether oxygens (including phenoxy) is 1. The fraction of sp³-hybridized carbons (Fsp3) is 0.333. The van der Waals surface area contributed by atoms with Crippen molar-refractivity contribution < 1.29 is 19.4 Å². The van der Waals surface area contributed by atoms with Gasteiger partial charge >= 0.3 is 5.97 Å². The van der Waals surface area contributed by atoms with Crippen LogP contribution >= 0.6 is 0 Å². The summed E-state index contributed by atoms with van der Waals surface area (Å²) >= 11 is 0. The van der Waals surface area contributed by atoms with Crippen molar-refractivity contribution in [1.29, 1.82) is 0 Å². The number of carboxylic acid groups (broad SMARTS) is 1. The standard InChI is InChI=1S/C12H15NO4/c1-12(10(13)14,11(15)16)8-17-7-9-5-3-2-4-6-9/h2-6H,7-8H2,1H3,(H2,13,14)(H,15,16). The van der Waals surface area contributed by atoms with Gasteiger partial charge in [-0.3, -0.25) is 9.59 Å². The van der Waals surface area contributed by atoms with Crippen LogP contribution in [0, 0.1) is 5.41 Å². The summed E-state index contributed by atoms with van der Waals surface area (Å²) in [7, 11) is 0. The Bertz CT molecular complexity index is 388. The van der Waals surface area contributed by atoms with Crippen LogP contribution in [0.15, 0.2) is 30.3 Å². The summed E-state index contributed by atoms with van der Waals surface area (Å²) in [6, 6.07) is 9.27. The second kappa shape index (κ2) is 5.45. The lowest BCUT2D eigenvalue weighted by Crippen LogP contribution is -2.45. The topological polar surface area (TPSA) is 89.6 Å². The van der Waals surface area contributed by atoms with Gasteiger partial charge in [0.2, 0.25) is 5.91 Å². The van der Waals surface area contributed by atoms with E-state index in [1.54, 1.807) is 0 Å². The van der Waals surface area contributed by atoms with Gasteiger partial charge in [0, 0.05) is 0 Å². The van der Waals surface area contributed by atoms with Crippen molar-refractivity contribution in [3.63, 3.8) is 0 Å². The molecular weight excluding hydrogens is 222 g/mol. The molecule has 92 valence electrons. The third-order valence-corrected chi connectivity index (χ3v) is 2.52. The van der Waals surface area contributed by atoms with E-state index in [9.17, 15) is 9.59 Å². The fourth-order valence-electron chi connectivity index (χ4n) is 1.19. The van der Waals surface area contributed by atoms with Crippen LogP contribution in [-0.4, -0.2) is 23.6 Å². The van der Waals surface area contributed by atoms with E-state index in [4.69, 9.17) is 15.6 Å². The molecule has 1 amide bonds. The predicted octanol–water partition coefficient (Wildman–Crippen LogP) is 0.779. The third kappa shape index (κ3) is 3.29. The van der Waals surface area contributed by atoms with E-state index in [0.29, 0.717) is 0 Å². The SMILES string of the molecule is CC(COCc1ccccc1)(C(N)=O)C(=O)O. The molecule has 0 heterocycles. The average Bonchev–Trinajstić information content (AvgIpc) is 2.29. The highest BCUT2D eigenvalue weighted by Gasteiger charge is 2.40. The first kappa shape index (κ1) is 13.2. The second-order valence-corrected chi connectivity index (χ2v) is 3.98. The normalized spacial score (nSPS) is 13.9. The Morgan fingerprint density at radius 3 is 2.41 bits per heavy atom. The van der Waals surface area contributed by atoms with Crippen LogP contribution in [0.3, 0.4) is 0 Å². The minimum atomic E-state index is -1.69. The van der Waals surface area contributed by atoms with Gasteiger partial charge in [-0.15, -0.1) is 0 Å². The molecule has 0 aliphatic heterocycles. The van der Waals surface area contributed by atoms with Gasteiger partial charge in [0.05, 0.1) is 13.2 Å². The van der Waals surface area contributed by atoms with E-state index in [0.717, 1.165) is 5.56 Å². The van der Waals surface area contributed by atoms with Crippen molar-refractivity contribution in [3.8, 4) is 0 Å². The number of amides is 1. The molecule has 1 rings (SSSR count). The molecule has 1 aromatic carbocycles. The molecule has 0 aliphatic rings. The van der Waals surface area contributed by atoms with E-state index in [-0.39, 0.29) is 13.2 Å². The maximum Gasteiger partial charge on any atom is 0.321 e. The molecule has 5 nitrogen and oxygen atoms in total. The smallest absolute Gasteiger partial charge is 0.321 e. The molecule has 3 N–H and O–H groups in total. The highest BCUT2D eigenvalue weighted by molar-refractivity contribution is 6.00. The molecule has 1 atom stereocenters. The first-order chi connectivity index (χ1) is 7.97. The van der Waals surface area contributed by atoms with Crippen LogP contribution in [-0.2, 0) is 20.9 Å². The van der Waals surface area contributed by atoms with Crippen LogP contribution in [0.4, 0.5) is 0 Å². The number of carbonyl (C=O) groups is 2. The van der Waals surface area contributed by atoms with Gasteiger partial charge in [0.1, 0.15) is 0 Å². The number of aliphatic carboxylic acids is 1. The van der Waals surface area contributed by atoms with Crippen molar-refractivity contribution in [2.45, 2.75) is 13.5 Å². The number of hydrogen-bond acceptors (Lipinski definition) is 3. The fourth-order valence-corrected chi connectivity index (χ4v) is 1.19. The van der Waals surface area contributed by atoms with Crippen LogP contribution < -0.4 is 5.73 Å². The Hall–Kier alpha value is -1.88. The van der Waals surface area contributed by atoms with Crippen LogP contribution in [0.1, 0.15) is 12.5 Å². The van der Waals surface area contributed by atoms with E-state index >= 15 is 0 Å². The average molecular weight is 237 g/mol. The Morgan fingerprint density at radius 1 is 1.35 bits per heavy atom. The predicted molar refractivity (Wildman–Crippen MR) is 61.0 cm³/mol. The highest BCUT2D eigenvalue weighted by Crippen LogP contribution is 2.17. The van der Waals surface area contributed by atoms with Gasteiger partial charge in [0.25, 0.3) is 0 Å². The number of carbonyl (C=O) groups excluding carboxylic acids is 1. The minimum Gasteiger partial charge on any atom is -0.480 e. The molecule has 0 aromatic heterocycles. The Morgan fingerprint density at radius 2 is 1.94 bits per heavy atom. The first-order valence-corrected chi connectivity index (χ1v) is 5.12. The maximum absolute atomic E-state index is 11.1. The van der Waals surface area contributed by atoms with Crippen molar-refractivity contribution in [1.82, 2.24) is 0 Å². The van der Waals surface area contributed by atoms with Gasteiger partial charge in [-0.1, -0.05) is 30.3 Å². The lowest BCUT2D eigenvalue weighted by atomic mass is 9.91. The summed E-state index contributed by atoms with van der Waals surface area (Å²) in [5.74, 6) is -2.18. The Kier molecular flexibility index (Phi) is 4.23. The summed E-state index contributed by atoms with van der Waals surface area (Å²) in [4.78, 5) is 22.0. The number of hydrogen-bond donors (Lipinski definition) is 2. The summed E-state index contributed by atoms with van der Waals surface area (Å²) in [6.07, 6.45) is 0. The molecule has 0 bridgehead atoms. The van der Waals surface area contributed by atoms with Crippen LogP contribution in [0.25, 0.3) is 0 Å². The zero-order valence-electron chi connectivity index (χ0n) is 9.55. The highest BCUT2D eigenvalue weighted by atomic mass is 16.5. The number of rotatable bonds is 6. The van der Waals surface area contributed by atoms with Crippen molar-refractivity contribution in [3.05, 3.63) is 35.9 Å². The molecule has 5 heteroatoms. The molecule has 1 aromatic rings. The summed E-state index contributed by atoms with van der Waals surface area (Å²) < 4.78 is 5.23. The van der Waals surface area contributed by atoms with Gasteiger partial charge in [0.15, 0.2) is 5.41 Å². The lowest BCUT2D eigenvalue weighted by Gasteiger charge is -2.20. The molecule has 17 heavy (non-hydrogen) atoms. The molecular formula is C12H15NO4. The number of benzene rings is 1. The second-order valence-electron chi connectivity index (χ2n) is 3.98. The largest absolute Gasteiger partial charge is 0.480 e. The minimum absolute atomic E-state index is 0.243. The van der Waals surface area contributed by atoms with E-state index in [2.05, 4.69) is 0 Å². The number of primary amides is 1. The number of carboxylic acids is 1. The van der Waals surface area contributed by atoms with Gasteiger partial charge in [-0.05, 0) is 12.5 Å². The van der Waals surface area contributed by atoms with Gasteiger partial charge in [-0.2, -0.15) is 0 Å². The van der Waals surface area contributed by atoms with Crippen molar-refractivity contribution in [2.24, 2.45) is 11.1 Å². The zero-order valence-corrected chi connectivity index (χ0v) is 9.55. The van der Waals surface area contributed by atoms with E-state index in [1.807, 2.05) is 30.3 Å². The Labute approximate surface area is 99.2 Å². The zero-order chi connectivity index (χ0) is 12.9. The summed E-state index contributed by atoms with van der Waals surface area (Å²) in [5, 5.41) is 8.92. The van der Waals surface area contributed by atoms with E-state index in [1.165, 1.54) is 6.92 Å². The maximum atomic E-state index is 11.1. The summed E-state index contributed by atoms with van der Waals surface area (Å²) in [6.45, 7) is 1.26. The molecule has 0 saturated heterocycles. The van der Waals surface area contributed by atoms with Gasteiger partial charge in [-0.25, -0.2) is 0 Å². The lowest BCUT2D eigenvalue weighted by molar-refractivity contribution is -0.157. The molecule has 0 aliphatic carbocycles. The van der Waals surface area contributed by atoms with Crippen LogP contribution in [0.2, 0.25) is 0 Å². The monoisotopic (exact) mass is 237 g/mol. The molecule has 0 fully saturated rings. The Balaban J connectivity index is 2.55. The quantitative estimate of drug-likeness (QED) is 0.715. The van der Waals surface area contributed by atoms with Crippen molar-refractivity contribution in [2.75, 3.05) is 6.61 Å². The summed E-state index contributed by atoms with van der Waals surface area (Å²) in [5.41, 5.74) is 4.27. The van der Waals surface area contributed by atoms with E-state index < -0.39 is 17.3 Å². The first-order valence-electron chi connectivity index (χ1n) is 5.12. The molecule has 1 unspecified atom stereocenters. The third-order valence-electron chi connectivity index (χ3n) is 2.52. The van der Waals surface area contributed by atoms with Gasteiger partial charge < -0.3 is 15.6 Å². The molecule has 0 saturated carbocycles.